The van der Waals surface area contributed by atoms with Gasteiger partial charge >= 0.3 is 0 Å². The first-order valence-corrected chi connectivity index (χ1v) is 11.4. The number of amides is 1. The summed E-state index contributed by atoms with van der Waals surface area (Å²) < 4.78 is 0. The van der Waals surface area contributed by atoms with Crippen LogP contribution in [0.3, 0.4) is 0 Å². The van der Waals surface area contributed by atoms with Crippen LogP contribution in [-0.2, 0) is 17.9 Å². The number of unbranched alkanes of at least 4 members (excludes halogenated alkanes) is 1. The quantitative estimate of drug-likeness (QED) is 0.620. The van der Waals surface area contributed by atoms with E-state index in [1.165, 1.54) is 24.1 Å². The molecule has 2 unspecified atom stereocenters. The minimum atomic E-state index is 0.00827. The van der Waals surface area contributed by atoms with Gasteiger partial charge in [-0.2, -0.15) is 5.10 Å². The lowest BCUT2D eigenvalue weighted by atomic mass is 9.64. The highest BCUT2D eigenvalue weighted by molar-refractivity contribution is 5.79. The number of rotatable bonds is 9. The molecule has 1 aromatic carbocycles. The fraction of sp³-hybridized carbons (Fsp3) is 0.600. The molecule has 1 aliphatic carbocycles. The number of aromatic amines is 1. The van der Waals surface area contributed by atoms with E-state index >= 15 is 0 Å². The predicted octanol–water partition coefficient (Wildman–Crippen LogP) is 4.87. The first-order valence-electron chi connectivity index (χ1n) is 11.4. The summed E-state index contributed by atoms with van der Waals surface area (Å²) >= 11 is 0. The van der Waals surface area contributed by atoms with Crippen LogP contribution in [0.2, 0.25) is 0 Å². The molecule has 30 heavy (non-hydrogen) atoms. The van der Waals surface area contributed by atoms with Crippen molar-refractivity contribution in [1.82, 2.24) is 20.4 Å². The molecule has 5 heteroatoms. The van der Waals surface area contributed by atoms with Gasteiger partial charge in [-0.25, -0.2) is 0 Å². The Morgan fingerprint density at radius 1 is 1.30 bits per heavy atom. The van der Waals surface area contributed by atoms with Gasteiger partial charge in [0, 0.05) is 36.2 Å². The van der Waals surface area contributed by atoms with Crippen LogP contribution in [0.1, 0.15) is 75.6 Å². The van der Waals surface area contributed by atoms with Crippen LogP contribution in [-0.4, -0.2) is 34.6 Å². The second-order valence-corrected chi connectivity index (χ2v) is 9.62. The van der Waals surface area contributed by atoms with Crippen molar-refractivity contribution in [1.29, 1.82) is 0 Å². The molecule has 2 atom stereocenters. The molecule has 0 saturated heterocycles. The average Bonchev–Trinajstić information content (AvgIpc) is 3.19. The van der Waals surface area contributed by atoms with Gasteiger partial charge in [-0.1, -0.05) is 57.5 Å². The first-order chi connectivity index (χ1) is 14.4. The molecule has 0 bridgehead atoms. The van der Waals surface area contributed by atoms with E-state index in [2.05, 4.69) is 60.4 Å². The zero-order valence-electron chi connectivity index (χ0n) is 19.1. The van der Waals surface area contributed by atoms with Crippen LogP contribution in [0.25, 0.3) is 0 Å². The smallest absolute Gasteiger partial charge is 0.223 e. The van der Waals surface area contributed by atoms with Gasteiger partial charge in [0.25, 0.3) is 0 Å². The van der Waals surface area contributed by atoms with Crippen molar-refractivity contribution >= 4 is 5.91 Å². The number of benzene rings is 1. The molecule has 1 aliphatic rings. The number of nitrogens with one attached hydrogen (secondary N) is 2. The summed E-state index contributed by atoms with van der Waals surface area (Å²) in [6, 6.07) is 10.1. The Balaban J connectivity index is 1.66. The maximum atomic E-state index is 13.1. The molecule has 0 radical (unpaired) electrons. The molecule has 5 nitrogen and oxygen atoms in total. The first kappa shape index (κ1) is 22.5. The highest BCUT2D eigenvalue weighted by atomic mass is 16.1. The molecule has 1 amide bonds. The maximum Gasteiger partial charge on any atom is 0.223 e. The zero-order chi connectivity index (χ0) is 21.6. The number of hydrogen-bond acceptors (Lipinski definition) is 3. The topological polar surface area (TPSA) is 61.0 Å². The van der Waals surface area contributed by atoms with Crippen molar-refractivity contribution in [3.05, 3.63) is 53.3 Å². The summed E-state index contributed by atoms with van der Waals surface area (Å²) in [5.41, 5.74) is 3.66. The van der Waals surface area contributed by atoms with Crippen molar-refractivity contribution in [3.8, 4) is 0 Å². The summed E-state index contributed by atoms with van der Waals surface area (Å²) in [7, 11) is 2.18. The lowest BCUT2D eigenvalue weighted by molar-refractivity contribution is -0.130. The van der Waals surface area contributed by atoms with Crippen LogP contribution in [0.15, 0.2) is 36.5 Å². The average molecular weight is 411 g/mol. The summed E-state index contributed by atoms with van der Waals surface area (Å²) in [6.07, 6.45) is 7.42. The van der Waals surface area contributed by atoms with Crippen LogP contribution < -0.4 is 5.32 Å². The Kier molecular flexibility index (Phi) is 7.70. The van der Waals surface area contributed by atoms with Crippen LogP contribution in [0, 0.1) is 11.3 Å². The second-order valence-electron chi connectivity index (χ2n) is 9.62. The number of H-pyrrole nitrogens is 1. The number of hydrogen-bond donors (Lipinski definition) is 2. The number of carbonyl (C=O) groups is 1. The third kappa shape index (κ3) is 5.72. The Bertz CT molecular complexity index is 798. The SMILES string of the molecule is CCCCN(C)Cc1cn[nH]c1C1CCC(C)(C)C(C(=O)NCc2ccccc2)C1. The highest BCUT2D eigenvalue weighted by Gasteiger charge is 2.41. The van der Waals surface area contributed by atoms with Crippen LogP contribution >= 0.6 is 0 Å². The van der Waals surface area contributed by atoms with Gasteiger partial charge in [0.1, 0.15) is 0 Å². The Labute approximate surface area is 181 Å². The van der Waals surface area contributed by atoms with E-state index < -0.39 is 0 Å². The van der Waals surface area contributed by atoms with E-state index in [1.807, 2.05) is 24.4 Å². The standard InChI is InChI=1S/C25H38N4O/c1-5-6-14-29(4)18-21-17-27-28-23(21)20-12-13-25(2,3)22(15-20)24(30)26-16-19-10-8-7-9-11-19/h7-11,17,20,22H,5-6,12-16,18H2,1-4H3,(H,26,30)(H,27,28). The monoisotopic (exact) mass is 410 g/mol. The molecular weight excluding hydrogens is 372 g/mol. The van der Waals surface area contributed by atoms with Gasteiger partial charge in [0.15, 0.2) is 0 Å². The van der Waals surface area contributed by atoms with E-state index in [-0.39, 0.29) is 17.2 Å². The zero-order valence-corrected chi connectivity index (χ0v) is 19.1. The summed E-state index contributed by atoms with van der Waals surface area (Å²) in [6.45, 7) is 9.31. The van der Waals surface area contributed by atoms with Gasteiger partial charge in [0.05, 0.1) is 6.20 Å². The molecule has 2 N–H and O–H groups in total. The van der Waals surface area contributed by atoms with Gasteiger partial charge < -0.3 is 10.2 Å². The summed E-state index contributed by atoms with van der Waals surface area (Å²) in [4.78, 5) is 15.5. The Morgan fingerprint density at radius 3 is 2.80 bits per heavy atom. The van der Waals surface area contributed by atoms with Gasteiger partial charge in [-0.3, -0.25) is 9.89 Å². The number of carbonyl (C=O) groups excluding carboxylic acids is 1. The van der Waals surface area contributed by atoms with Gasteiger partial charge in [-0.05, 0) is 50.3 Å². The molecule has 1 saturated carbocycles. The van der Waals surface area contributed by atoms with Gasteiger partial charge in [0.2, 0.25) is 5.91 Å². The molecular formula is C25H38N4O. The Hall–Kier alpha value is -2.14. The molecule has 1 fully saturated rings. The maximum absolute atomic E-state index is 13.1. The lowest BCUT2D eigenvalue weighted by Crippen LogP contribution is -2.42. The third-order valence-corrected chi connectivity index (χ3v) is 6.72. The molecule has 3 rings (SSSR count). The molecule has 2 aromatic rings. The largest absolute Gasteiger partial charge is 0.352 e. The molecule has 1 aromatic heterocycles. The molecule has 0 aliphatic heterocycles. The van der Waals surface area contributed by atoms with E-state index in [4.69, 9.17) is 0 Å². The number of nitrogens with zero attached hydrogens (tertiary/aromatic N) is 2. The minimum absolute atomic E-state index is 0.00827. The molecule has 0 spiro atoms. The van der Waals surface area contributed by atoms with E-state index in [0.717, 1.165) is 37.9 Å². The fourth-order valence-electron chi connectivity index (χ4n) is 4.67. The predicted molar refractivity (Wildman–Crippen MR) is 122 cm³/mol. The van der Waals surface area contributed by atoms with Crippen LogP contribution in [0.4, 0.5) is 0 Å². The highest BCUT2D eigenvalue weighted by Crippen LogP contribution is 2.47. The van der Waals surface area contributed by atoms with Crippen molar-refractivity contribution in [2.75, 3.05) is 13.6 Å². The summed E-state index contributed by atoms with van der Waals surface area (Å²) in [5.74, 6) is 0.547. The van der Waals surface area contributed by atoms with E-state index in [1.54, 1.807) is 0 Å². The summed E-state index contributed by atoms with van der Waals surface area (Å²) in [5, 5.41) is 10.8. The second kappa shape index (κ2) is 10.3. The third-order valence-electron chi connectivity index (χ3n) is 6.72. The number of aromatic nitrogens is 2. The molecule has 164 valence electrons. The van der Waals surface area contributed by atoms with Crippen LogP contribution in [0.5, 0.6) is 0 Å². The van der Waals surface area contributed by atoms with Crippen molar-refractivity contribution in [3.63, 3.8) is 0 Å². The van der Waals surface area contributed by atoms with Gasteiger partial charge in [-0.15, -0.1) is 0 Å². The van der Waals surface area contributed by atoms with E-state index in [0.29, 0.717) is 12.5 Å². The Morgan fingerprint density at radius 2 is 2.07 bits per heavy atom. The van der Waals surface area contributed by atoms with Crippen molar-refractivity contribution < 1.29 is 4.79 Å². The van der Waals surface area contributed by atoms with Crippen molar-refractivity contribution in [2.24, 2.45) is 11.3 Å². The minimum Gasteiger partial charge on any atom is -0.352 e. The fourth-order valence-corrected chi connectivity index (χ4v) is 4.67. The van der Waals surface area contributed by atoms with Crippen molar-refractivity contribution in [2.45, 2.75) is 71.9 Å². The lowest BCUT2D eigenvalue weighted by Gasteiger charge is -2.41. The molecule has 1 heterocycles. The van der Waals surface area contributed by atoms with E-state index in [9.17, 15) is 4.79 Å². The normalized spacial score (nSPS) is 21.0.